The molecule has 0 atom stereocenters. The number of aliphatic hydroxyl groups is 1. The lowest BCUT2D eigenvalue weighted by Gasteiger charge is -2.05. The third kappa shape index (κ3) is 2.44. The summed E-state index contributed by atoms with van der Waals surface area (Å²) in [5.74, 6) is 0. The molecule has 3 nitrogen and oxygen atoms in total. The highest BCUT2D eigenvalue weighted by Crippen LogP contribution is 2.17. The fourth-order valence-corrected chi connectivity index (χ4v) is 2.00. The quantitative estimate of drug-likeness (QED) is 0.893. The molecule has 2 aromatic rings. The van der Waals surface area contributed by atoms with E-state index >= 15 is 0 Å². The first-order valence-corrected chi connectivity index (χ1v) is 6.10. The molecule has 2 rings (SSSR count). The predicted molar refractivity (Wildman–Crippen MR) is 70.4 cm³/mol. The van der Waals surface area contributed by atoms with Crippen molar-refractivity contribution in [3.05, 3.63) is 53.3 Å². The van der Waals surface area contributed by atoms with Crippen LogP contribution >= 0.6 is 0 Å². The Morgan fingerprint density at radius 1 is 1.22 bits per heavy atom. The van der Waals surface area contributed by atoms with Gasteiger partial charge in [0.25, 0.3) is 0 Å². The molecule has 0 aliphatic heterocycles. The van der Waals surface area contributed by atoms with Crippen LogP contribution in [0.15, 0.2) is 36.5 Å². The lowest BCUT2D eigenvalue weighted by atomic mass is 10.2. The SMILES string of the molecule is CCCc1cc(C#N)n(-c2ccc(CO)cc2)c1. The molecule has 0 saturated heterocycles. The molecule has 0 spiro atoms. The number of hydrogen-bond donors (Lipinski definition) is 1. The molecule has 0 unspecified atom stereocenters. The molecule has 1 aromatic heterocycles. The summed E-state index contributed by atoms with van der Waals surface area (Å²) in [7, 11) is 0. The number of hydrogen-bond acceptors (Lipinski definition) is 2. The van der Waals surface area contributed by atoms with E-state index in [1.807, 2.05) is 41.1 Å². The van der Waals surface area contributed by atoms with E-state index in [2.05, 4.69) is 13.0 Å². The van der Waals surface area contributed by atoms with E-state index in [-0.39, 0.29) is 6.61 Å². The average molecular weight is 240 g/mol. The second kappa shape index (κ2) is 5.52. The van der Waals surface area contributed by atoms with Crippen LogP contribution < -0.4 is 0 Å². The lowest BCUT2D eigenvalue weighted by molar-refractivity contribution is 0.282. The molecule has 0 aliphatic rings. The largest absolute Gasteiger partial charge is 0.392 e. The first kappa shape index (κ1) is 12.4. The molecule has 0 radical (unpaired) electrons. The van der Waals surface area contributed by atoms with Crippen molar-refractivity contribution in [1.82, 2.24) is 4.57 Å². The zero-order valence-corrected chi connectivity index (χ0v) is 10.4. The van der Waals surface area contributed by atoms with Gasteiger partial charge in [-0.15, -0.1) is 0 Å². The summed E-state index contributed by atoms with van der Waals surface area (Å²) in [5, 5.41) is 18.2. The molecule has 1 heterocycles. The Morgan fingerprint density at radius 2 is 1.94 bits per heavy atom. The Hall–Kier alpha value is -2.05. The van der Waals surface area contributed by atoms with Crippen LogP contribution in [0.5, 0.6) is 0 Å². The monoisotopic (exact) mass is 240 g/mol. The van der Waals surface area contributed by atoms with Gasteiger partial charge in [0, 0.05) is 11.9 Å². The molecule has 0 amide bonds. The maximum absolute atomic E-state index is 9.15. The van der Waals surface area contributed by atoms with Crippen LogP contribution in [0, 0.1) is 11.3 Å². The van der Waals surface area contributed by atoms with Crippen LogP contribution in [-0.4, -0.2) is 9.67 Å². The number of rotatable bonds is 4. The Kier molecular flexibility index (Phi) is 3.81. The van der Waals surface area contributed by atoms with Gasteiger partial charge in [0.05, 0.1) is 6.61 Å². The van der Waals surface area contributed by atoms with Crippen LogP contribution in [0.3, 0.4) is 0 Å². The van der Waals surface area contributed by atoms with Crippen LogP contribution in [-0.2, 0) is 13.0 Å². The van der Waals surface area contributed by atoms with Gasteiger partial charge < -0.3 is 9.67 Å². The summed E-state index contributed by atoms with van der Waals surface area (Å²) in [6, 6.07) is 11.7. The predicted octanol–water partition coefficient (Wildman–Crippen LogP) is 2.79. The van der Waals surface area contributed by atoms with Gasteiger partial charge in [-0.3, -0.25) is 0 Å². The van der Waals surface area contributed by atoms with Crippen molar-refractivity contribution < 1.29 is 5.11 Å². The first-order chi connectivity index (χ1) is 8.78. The number of nitrogens with zero attached hydrogens (tertiary/aromatic N) is 2. The molecule has 18 heavy (non-hydrogen) atoms. The van der Waals surface area contributed by atoms with Crippen molar-refractivity contribution in [1.29, 1.82) is 5.26 Å². The molecular formula is C15H16N2O. The fourth-order valence-electron chi connectivity index (χ4n) is 2.00. The minimum atomic E-state index is 0.0398. The van der Waals surface area contributed by atoms with E-state index in [0.717, 1.165) is 24.1 Å². The molecule has 92 valence electrons. The van der Waals surface area contributed by atoms with Gasteiger partial charge in [0.15, 0.2) is 0 Å². The van der Waals surface area contributed by atoms with E-state index in [4.69, 9.17) is 10.4 Å². The standard InChI is InChI=1S/C15H16N2O/c1-2-3-13-8-15(9-16)17(10-13)14-6-4-12(11-18)5-7-14/h4-8,10,18H,2-3,11H2,1H3. The van der Waals surface area contributed by atoms with Gasteiger partial charge in [-0.25, -0.2) is 0 Å². The highest BCUT2D eigenvalue weighted by molar-refractivity contribution is 5.42. The number of aliphatic hydroxyl groups excluding tert-OH is 1. The van der Waals surface area contributed by atoms with E-state index in [1.54, 1.807) is 0 Å². The van der Waals surface area contributed by atoms with Crippen molar-refractivity contribution in [2.24, 2.45) is 0 Å². The molecule has 0 bridgehead atoms. The summed E-state index contributed by atoms with van der Waals surface area (Å²) in [5.41, 5.74) is 3.65. The second-order valence-electron chi connectivity index (χ2n) is 4.29. The molecule has 3 heteroatoms. The van der Waals surface area contributed by atoms with Crippen LogP contribution in [0.25, 0.3) is 5.69 Å². The zero-order chi connectivity index (χ0) is 13.0. The van der Waals surface area contributed by atoms with E-state index in [1.165, 1.54) is 5.56 Å². The van der Waals surface area contributed by atoms with Gasteiger partial charge in [-0.05, 0) is 35.7 Å². The summed E-state index contributed by atoms with van der Waals surface area (Å²) in [6.07, 6.45) is 4.06. The zero-order valence-electron chi connectivity index (χ0n) is 10.4. The topological polar surface area (TPSA) is 49.0 Å². The van der Waals surface area contributed by atoms with Crippen molar-refractivity contribution in [2.75, 3.05) is 0 Å². The van der Waals surface area contributed by atoms with Crippen molar-refractivity contribution in [3.8, 4) is 11.8 Å². The number of nitriles is 1. The molecule has 1 N–H and O–H groups in total. The van der Waals surface area contributed by atoms with Gasteiger partial charge in [0.2, 0.25) is 0 Å². The van der Waals surface area contributed by atoms with Gasteiger partial charge in [-0.2, -0.15) is 5.26 Å². The Bertz CT molecular complexity index is 561. The first-order valence-electron chi connectivity index (χ1n) is 6.10. The minimum Gasteiger partial charge on any atom is -0.392 e. The Morgan fingerprint density at radius 3 is 2.50 bits per heavy atom. The molecular weight excluding hydrogens is 224 g/mol. The summed E-state index contributed by atoms with van der Waals surface area (Å²) >= 11 is 0. The smallest absolute Gasteiger partial charge is 0.125 e. The van der Waals surface area contributed by atoms with Gasteiger partial charge in [0.1, 0.15) is 11.8 Å². The number of benzene rings is 1. The van der Waals surface area contributed by atoms with Crippen molar-refractivity contribution in [2.45, 2.75) is 26.4 Å². The lowest BCUT2D eigenvalue weighted by Crippen LogP contribution is -1.95. The molecule has 0 fully saturated rings. The Labute approximate surface area is 107 Å². The maximum Gasteiger partial charge on any atom is 0.125 e. The summed E-state index contributed by atoms with van der Waals surface area (Å²) < 4.78 is 1.89. The second-order valence-corrected chi connectivity index (χ2v) is 4.29. The molecule has 1 aromatic carbocycles. The normalized spacial score (nSPS) is 10.3. The van der Waals surface area contributed by atoms with E-state index in [0.29, 0.717) is 5.69 Å². The summed E-state index contributed by atoms with van der Waals surface area (Å²) in [6.45, 7) is 2.16. The van der Waals surface area contributed by atoms with E-state index < -0.39 is 0 Å². The van der Waals surface area contributed by atoms with Crippen LogP contribution in [0.1, 0.15) is 30.2 Å². The molecule has 0 aliphatic carbocycles. The van der Waals surface area contributed by atoms with Crippen molar-refractivity contribution in [3.63, 3.8) is 0 Å². The fraction of sp³-hybridized carbons (Fsp3) is 0.267. The highest BCUT2D eigenvalue weighted by atomic mass is 16.3. The van der Waals surface area contributed by atoms with Gasteiger partial charge in [-0.1, -0.05) is 25.5 Å². The van der Waals surface area contributed by atoms with Crippen LogP contribution in [0.2, 0.25) is 0 Å². The number of aromatic nitrogens is 1. The van der Waals surface area contributed by atoms with E-state index in [9.17, 15) is 0 Å². The highest BCUT2D eigenvalue weighted by Gasteiger charge is 2.06. The summed E-state index contributed by atoms with van der Waals surface area (Å²) in [4.78, 5) is 0. The minimum absolute atomic E-state index is 0.0398. The van der Waals surface area contributed by atoms with Crippen molar-refractivity contribution >= 4 is 0 Å². The van der Waals surface area contributed by atoms with Crippen LogP contribution in [0.4, 0.5) is 0 Å². The third-order valence-electron chi connectivity index (χ3n) is 2.93. The number of aryl methyl sites for hydroxylation is 1. The Balaban J connectivity index is 2.39. The molecule has 0 saturated carbocycles. The third-order valence-corrected chi connectivity index (χ3v) is 2.93. The maximum atomic E-state index is 9.15. The van der Waals surface area contributed by atoms with Gasteiger partial charge >= 0.3 is 0 Å². The average Bonchev–Trinajstić information content (AvgIpc) is 2.82.